The molecule has 0 bridgehead atoms. The van der Waals surface area contributed by atoms with Gasteiger partial charge in [0, 0.05) is 23.9 Å². The standard InChI is InChI=1S/C19H17F3N2O3/c20-19(21,22)12-6-13(8-15(7-12)27-14-4-5-26-10-14)24-9-11-2-1-3-16(23)17(11)18(24)25/h1-3,6-8,14H,4-5,9-10,23H2/t14-/m1/s1. The Bertz CT molecular complexity index is 892. The maximum Gasteiger partial charge on any atom is 0.416 e. The van der Waals surface area contributed by atoms with E-state index in [9.17, 15) is 18.0 Å². The molecule has 2 aromatic carbocycles. The van der Waals surface area contributed by atoms with Crippen LogP contribution < -0.4 is 15.4 Å². The second-order valence-corrected chi connectivity index (χ2v) is 6.59. The average molecular weight is 378 g/mol. The van der Waals surface area contributed by atoms with Gasteiger partial charge in [-0.15, -0.1) is 0 Å². The molecule has 5 nitrogen and oxygen atoms in total. The third-order valence-electron chi connectivity index (χ3n) is 4.69. The first-order valence-corrected chi connectivity index (χ1v) is 8.49. The van der Waals surface area contributed by atoms with E-state index in [4.69, 9.17) is 15.2 Å². The number of anilines is 2. The van der Waals surface area contributed by atoms with Crippen LogP contribution in [0.25, 0.3) is 0 Å². The van der Waals surface area contributed by atoms with E-state index < -0.39 is 17.6 Å². The van der Waals surface area contributed by atoms with Crippen LogP contribution in [0.3, 0.4) is 0 Å². The van der Waals surface area contributed by atoms with Gasteiger partial charge < -0.3 is 20.1 Å². The molecule has 0 unspecified atom stereocenters. The van der Waals surface area contributed by atoms with E-state index in [0.717, 1.165) is 12.1 Å². The number of fused-ring (bicyclic) bond motifs is 1. The Labute approximate surface area is 153 Å². The van der Waals surface area contributed by atoms with Crippen LogP contribution >= 0.6 is 0 Å². The zero-order valence-corrected chi connectivity index (χ0v) is 14.3. The highest BCUT2D eigenvalue weighted by molar-refractivity contribution is 6.13. The molecule has 2 heterocycles. The fourth-order valence-electron chi connectivity index (χ4n) is 3.37. The van der Waals surface area contributed by atoms with Gasteiger partial charge in [0.1, 0.15) is 11.9 Å². The van der Waals surface area contributed by atoms with Gasteiger partial charge in [0.2, 0.25) is 0 Å². The lowest BCUT2D eigenvalue weighted by Crippen LogP contribution is -2.24. The number of alkyl halides is 3. The second-order valence-electron chi connectivity index (χ2n) is 6.59. The lowest BCUT2D eigenvalue weighted by molar-refractivity contribution is -0.137. The van der Waals surface area contributed by atoms with E-state index in [1.54, 1.807) is 18.2 Å². The number of rotatable bonds is 3. The van der Waals surface area contributed by atoms with Gasteiger partial charge in [-0.25, -0.2) is 0 Å². The van der Waals surface area contributed by atoms with Crippen molar-refractivity contribution < 1.29 is 27.4 Å². The van der Waals surface area contributed by atoms with Crippen LogP contribution in [0, 0.1) is 0 Å². The largest absolute Gasteiger partial charge is 0.488 e. The number of ether oxygens (including phenoxy) is 2. The molecule has 1 amide bonds. The molecule has 8 heteroatoms. The summed E-state index contributed by atoms with van der Waals surface area (Å²) in [5.74, 6) is -0.357. The zero-order valence-electron chi connectivity index (χ0n) is 14.3. The monoisotopic (exact) mass is 378 g/mol. The van der Waals surface area contributed by atoms with Gasteiger partial charge in [0.05, 0.1) is 30.9 Å². The number of nitrogens with two attached hydrogens (primary N) is 1. The Hall–Kier alpha value is -2.74. The van der Waals surface area contributed by atoms with Gasteiger partial charge in [0.25, 0.3) is 5.91 Å². The molecule has 0 saturated carbocycles. The summed E-state index contributed by atoms with van der Waals surface area (Å²) in [5, 5.41) is 0. The van der Waals surface area contributed by atoms with Crippen LogP contribution in [0.15, 0.2) is 36.4 Å². The number of halogens is 3. The van der Waals surface area contributed by atoms with Crippen LogP contribution in [0.1, 0.15) is 27.9 Å². The Morgan fingerprint density at radius 2 is 2.04 bits per heavy atom. The predicted molar refractivity (Wildman–Crippen MR) is 92.7 cm³/mol. The third-order valence-corrected chi connectivity index (χ3v) is 4.69. The molecule has 4 rings (SSSR count). The number of nitrogen functional groups attached to an aromatic ring is 1. The molecule has 1 fully saturated rings. The molecule has 0 spiro atoms. The summed E-state index contributed by atoms with van der Waals surface area (Å²) in [5.41, 5.74) is 6.46. The van der Waals surface area contributed by atoms with Gasteiger partial charge >= 0.3 is 6.18 Å². The Balaban J connectivity index is 1.72. The first-order valence-electron chi connectivity index (χ1n) is 8.49. The number of amides is 1. The zero-order chi connectivity index (χ0) is 19.2. The van der Waals surface area contributed by atoms with Crippen molar-refractivity contribution in [2.24, 2.45) is 0 Å². The van der Waals surface area contributed by atoms with E-state index in [0.29, 0.717) is 36.4 Å². The molecule has 1 atom stereocenters. The quantitative estimate of drug-likeness (QED) is 0.829. The molecule has 0 aliphatic carbocycles. The Morgan fingerprint density at radius 3 is 2.70 bits per heavy atom. The van der Waals surface area contributed by atoms with E-state index in [1.807, 2.05) is 0 Å². The van der Waals surface area contributed by atoms with Gasteiger partial charge in [-0.05, 0) is 23.8 Å². The number of hydrogen-bond donors (Lipinski definition) is 1. The Kier molecular flexibility index (Phi) is 4.22. The molecule has 2 aliphatic heterocycles. The molecule has 142 valence electrons. The number of carbonyl (C=O) groups excluding carboxylic acids is 1. The van der Waals surface area contributed by atoms with Crippen molar-refractivity contribution in [3.05, 3.63) is 53.1 Å². The van der Waals surface area contributed by atoms with Crippen LogP contribution in [0.4, 0.5) is 24.5 Å². The third kappa shape index (κ3) is 3.32. The van der Waals surface area contributed by atoms with Crippen molar-refractivity contribution in [1.82, 2.24) is 0 Å². The van der Waals surface area contributed by atoms with Gasteiger partial charge in [-0.2, -0.15) is 13.2 Å². The topological polar surface area (TPSA) is 64.8 Å². The molecule has 0 radical (unpaired) electrons. The van der Waals surface area contributed by atoms with Crippen molar-refractivity contribution >= 4 is 17.3 Å². The predicted octanol–water partition coefficient (Wildman–Crippen LogP) is 3.62. The van der Waals surface area contributed by atoms with Crippen LogP contribution in [0.5, 0.6) is 5.75 Å². The lowest BCUT2D eigenvalue weighted by atomic mass is 10.1. The van der Waals surface area contributed by atoms with Crippen molar-refractivity contribution in [2.75, 3.05) is 23.8 Å². The lowest BCUT2D eigenvalue weighted by Gasteiger charge is -2.21. The smallest absolute Gasteiger partial charge is 0.416 e. The molecule has 1 saturated heterocycles. The normalized spacial score (nSPS) is 19.4. The minimum absolute atomic E-state index is 0.0621. The highest BCUT2D eigenvalue weighted by Crippen LogP contribution is 2.38. The van der Waals surface area contributed by atoms with Gasteiger partial charge in [-0.1, -0.05) is 12.1 Å². The molecule has 27 heavy (non-hydrogen) atoms. The summed E-state index contributed by atoms with van der Waals surface area (Å²) in [4.78, 5) is 14.0. The molecule has 0 aromatic heterocycles. The van der Waals surface area contributed by atoms with E-state index in [-0.39, 0.29) is 24.1 Å². The van der Waals surface area contributed by atoms with Crippen molar-refractivity contribution in [3.8, 4) is 5.75 Å². The SMILES string of the molecule is Nc1cccc2c1C(=O)N(c1cc(O[C@@H]3CCOC3)cc(C(F)(F)F)c1)C2. The maximum absolute atomic E-state index is 13.4. The average Bonchev–Trinajstić information content (AvgIpc) is 3.22. The van der Waals surface area contributed by atoms with E-state index in [2.05, 4.69) is 0 Å². The molecule has 2 aromatic rings. The van der Waals surface area contributed by atoms with Gasteiger partial charge in [-0.3, -0.25) is 4.79 Å². The minimum atomic E-state index is -4.56. The number of nitrogens with zero attached hydrogens (tertiary/aromatic N) is 1. The maximum atomic E-state index is 13.4. The van der Waals surface area contributed by atoms with Crippen LogP contribution in [-0.2, 0) is 17.5 Å². The first kappa shape index (κ1) is 17.7. The number of hydrogen-bond acceptors (Lipinski definition) is 4. The summed E-state index contributed by atoms with van der Waals surface area (Å²) in [6, 6.07) is 8.41. The highest BCUT2D eigenvalue weighted by Gasteiger charge is 2.35. The first-order chi connectivity index (χ1) is 12.8. The molecule has 2 N–H and O–H groups in total. The summed E-state index contributed by atoms with van der Waals surface area (Å²) >= 11 is 0. The van der Waals surface area contributed by atoms with Crippen molar-refractivity contribution in [2.45, 2.75) is 25.2 Å². The summed E-state index contributed by atoms with van der Waals surface area (Å²) in [6.45, 7) is 0.998. The van der Waals surface area contributed by atoms with E-state index in [1.165, 1.54) is 11.0 Å². The summed E-state index contributed by atoms with van der Waals surface area (Å²) < 4.78 is 51.0. The molecular formula is C19H17F3N2O3. The number of benzene rings is 2. The highest BCUT2D eigenvalue weighted by atomic mass is 19.4. The Morgan fingerprint density at radius 1 is 1.22 bits per heavy atom. The molecular weight excluding hydrogens is 361 g/mol. The van der Waals surface area contributed by atoms with Gasteiger partial charge in [0.15, 0.2) is 0 Å². The van der Waals surface area contributed by atoms with Crippen LogP contribution in [-0.4, -0.2) is 25.2 Å². The number of carbonyl (C=O) groups is 1. The summed E-state index contributed by atoms with van der Waals surface area (Å²) in [7, 11) is 0. The minimum Gasteiger partial charge on any atom is -0.488 e. The van der Waals surface area contributed by atoms with Crippen molar-refractivity contribution in [3.63, 3.8) is 0 Å². The fourth-order valence-corrected chi connectivity index (χ4v) is 3.37. The van der Waals surface area contributed by atoms with E-state index >= 15 is 0 Å². The fraction of sp³-hybridized carbons (Fsp3) is 0.316. The second kappa shape index (κ2) is 6.45. The van der Waals surface area contributed by atoms with Crippen molar-refractivity contribution in [1.29, 1.82) is 0 Å². The van der Waals surface area contributed by atoms with Crippen LogP contribution in [0.2, 0.25) is 0 Å². The summed E-state index contributed by atoms with van der Waals surface area (Å²) in [6.07, 6.45) is -4.26. The molecule has 2 aliphatic rings.